The van der Waals surface area contributed by atoms with Gasteiger partial charge in [-0.3, -0.25) is 9.97 Å². The molecule has 0 amide bonds. The fraction of sp³-hybridized carbons (Fsp3) is 0.333. The van der Waals surface area contributed by atoms with Crippen LogP contribution in [0.3, 0.4) is 0 Å². The first kappa shape index (κ1) is 17.9. The lowest BCUT2D eigenvalue weighted by molar-refractivity contribution is 0.442. The first-order valence-electron chi connectivity index (χ1n) is 10.1. The van der Waals surface area contributed by atoms with Crippen LogP contribution in [0.2, 0.25) is 5.02 Å². The molecule has 2 aliphatic rings. The zero-order valence-electron chi connectivity index (χ0n) is 16.3. The van der Waals surface area contributed by atoms with Crippen LogP contribution in [-0.4, -0.2) is 44.1 Å². The van der Waals surface area contributed by atoms with Crippen LogP contribution < -0.4 is 15.4 Å². The predicted molar refractivity (Wildman–Crippen MR) is 115 cm³/mol. The number of pyridine rings is 2. The second-order valence-corrected chi connectivity index (χ2v) is 8.33. The molecule has 30 heavy (non-hydrogen) atoms. The fourth-order valence-corrected chi connectivity index (χ4v) is 4.78. The van der Waals surface area contributed by atoms with Gasteiger partial charge in [0, 0.05) is 37.1 Å². The quantitative estimate of drug-likeness (QED) is 0.520. The first-order chi connectivity index (χ1) is 14.6. The maximum absolute atomic E-state index is 6.67. The molecule has 8 nitrogen and oxygen atoms in total. The van der Waals surface area contributed by atoms with Crippen LogP contribution in [0.4, 0.5) is 5.82 Å². The van der Waals surface area contributed by atoms with E-state index < -0.39 is 0 Å². The molecule has 0 spiro atoms. The minimum absolute atomic E-state index is 0.250. The van der Waals surface area contributed by atoms with Crippen molar-refractivity contribution in [3.8, 4) is 11.8 Å². The van der Waals surface area contributed by atoms with E-state index >= 15 is 0 Å². The van der Waals surface area contributed by atoms with E-state index in [9.17, 15) is 0 Å². The summed E-state index contributed by atoms with van der Waals surface area (Å²) in [6, 6.07) is 6.15. The Morgan fingerprint density at radius 3 is 2.87 bits per heavy atom. The van der Waals surface area contributed by atoms with Crippen molar-refractivity contribution in [3.63, 3.8) is 0 Å². The second-order valence-electron chi connectivity index (χ2n) is 7.95. The highest BCUT2D eigenvalue weighted by molar-refractivity contribution is 6.37. The normalized spacial score (nSPS) is 22.6. The van der Waals surface area contributed by atoms with Gasteiger partial charge >= 0.3 is 6.01 Å². The first-order valence-corrected chi connectivity index (χ1v) is 10.5. The number of hydrogen-bond donors (Lipinski definition) is 2. The molecule has 1 saturated carbocycles. The summed E-state index contributed by atoms with van der Waals surface area (Å²) in [7, 11) is 0. The molecular formula is C21H20ClN7O. The number of ether oxygens (including phenoxy) is 1. The number of aryl methyl sites for hydroxylation is 1. The Hall–Kier alpha value is -2.97. The molecule has 1 aliphatic carbocycles. The lowest BCUT2D eigenvalue weighted by Crippen LogP contribution is -2.29. The lowest BCUT2D eigenvalue weighted by atomic mass is 10.2. The van der Waals surface area contributed by atoms with E-state index in [1.54, 1.807) is 12.4 Å². The number of nitrogens with two attached hydrogens (primary N) is 1. The van der Waals surface area contributed by atoms with Gasteiger partial charge in [-0.05, 0) is 30.4 Å². The number of aromatic amines is 1. The fourth-order valence-electron chi connectivity index (χ4n) is 4.43. The minimum Gasteiger partial charge on any atom is -0.422 e. The van der Waals surface area contributed by atoms with Crippen LogP contribution in [0.1, 0.15) is 12.6 Å². The van der Waals surface area contributed by atoms with E-state index in [-0.39, 0.29) is 6.01 Å². The topological polar surface area (TPSA) is 106 Å². The van der Waals surface area contributed by atoms with Crippen molar-refractivity contribution in [1.82, 2.24) is 24.9 Å². The number of nitrogens with zero attached hydrogens (tertiary/aromatic N) is 5. The minimum atomic E-state index is 0.250. The number of piperidine rings is 1. The molecule has 1 saturated heterocycles. The van der Waals surface area contributed by atoms with E-state index in [4.69, 9.17) is 27.1 Å². The molecule has 9 heteroatoms. The summed E-state index contributed by atoms with van der Waals surface area (Å²) < 4.78 is 6.00. The van der Waals surface area contributed by atoms with Crippen molar-refractivity contribution in [3.05, 3.63) is 41.3 Å². The van der Waals surface area contributed by atoms with Gasteiger partial charge < -0.3 is 20.4 Å². The van der Waals surface area contributed by atoms with Crippen LogP contribution in [-0.2, 0) is 6.42 Å². The van der Waals surface area contributed by atoms with Gasteiger partial charge in [0.05, 0.1) is 27.6 Å². The Balaban J connectivity index is 1.42. The zero-order valence-corrected chi connectivity index (χ0v) is 17.1. The third-order valence-corrected chi connectivity index (χ3v) is 6.59. The van der Waals surface area contributed by atoms with Crippen molar-refractivity contribution >= 4 is 39.5 Å². The standard InChI is InChI=1S/C21H20ClN7O/c1-2-13-17(22)16-19(26-13)27-21(28-20(16)29-8-11-12(9-29)18(11)23)30-10-6-15-14(25-7-10)4-3-5-24-15/h3-7,11-12,18H,2,8-9,23H2,1H3,(H,26,27,28). The number of nitrogens with one attached hydrogen (secondary N) is 1. The van der Waals surface area contributed by atoms with Crippen LogP contribution in [0.5, 0.6) is 11.8 Å². The van der Waals surface area contributed by atoms with E-state index in [2.05, 4.69) is 31.8 Å². The smallest absolute Gasteiger partial charge is 0.326 e. The number of halogens is 1. The molecular weight excluding hydrogens is 402 g/mol. The van der Waals surface area contributed by atoms with E-state index in [1.165, 1.54) is 0 Å². The van der Waals surface area contributed by atoms with Gasteiger partial charge in [0.25, 0.3) is 0 Å². The summed E-state index contributed by atoms with van der Waals surface area (Å²) in [5, 5.41) is 1.52. The van der Waals surface area contributed by atoms with Crippen molar-refractivity contribution in [1.29, 1.82) is 0 Å². The summed E-state index contributed by atoms with van der Waals surface area (Å²) in [6.45, 7) is 3.81. The van der Waals surface area contributed by atoms with Gasteiger partial charge in [-0.15, -0.1) is 0 Å². The van der Waals surface area contributed by atoms with Crippen molar-refractivity contribution in [2.24, 2.45) is 17.6 Å². The van der Waals surface area contributed by atoms with Gasteiger partial charge in [-0.25, -0.2) is 0 Å². The Morgan fingerprint density at radius 1 is 1.23 bits per heavy atom. The van der Waals surface area contributed by atoms with E-state index in [0.717, 1.165) is 47.4 Å². The Bertz CT molecular complexity index is 1280. The molecule has 3 N–H and O–H groups in total. The third kappa shape index (κ3) is 2.71. The monoisotopic (exact) mass is 421 g/mol. The third-order valence-electron chi connectivity index (χ3n) is 6.17. The molecule has 4 aromatic heterocycles. The molecule has 2 unspecified atom stereocenters. The number of fused-ring (bicyclic) bond motifs is 3. The summed E-state index contributed by atoms with van der Waals surface area (Å²) in [5.41, 5.74) is 9.30. The maximum atomic E-state index is 6.67. The van der Waals surface area contributed by atoms with E-state index in [1.807, 2.05) is 18.2 Å². The van der Waals surface area contributed by atoms with Gasteiger partial charge in [0.15, 0.2) is 5.75 Å². The zero-order chi connectivity index (χ0) is 20.4. The molecule has 0 radical (unpaired) electrons. The highest BCUT2D eigenvalue weighted by Gasteiger charge is 2.54. The maximum Gasteiger partial charge on any atom is 0.326 e. The molecule has 2 fully saturated rings. The predicted octanol–water partition coefficient (Wildman–Crippen LogP) is 3.30. The van der Waals surface area contributed by atoms with Crippen molar-refractivity contribution < 1.29 is 4.74 Å². The van der Waals surface area contributed by atoms with Gasteiger partial charge in [-0.1, -0.05) is 18.5 Å². The van der Waals surface area contributed by atoms with Gasteiger partial charge in [0.1, 0.15) is 11.5 Å². The number of rotatable bonds is 4. The van der Waals surface area contributed by atoms with Crippen LogP contribution in [0, 0.1) is 11.8 Å². The molecule has 0 aromatic carbocycles. The highest BCUT2D eigenvalue weighted by Crippen LogP contribution is 2.47. The molecule has 2 atom stereocenters. The van der Waals surface area contributed by atoms with Gasteiger partial charge in [0.2, 0.25) is 0 Å². The SMILES string of the molecule is CCc1[nH]c2nc(Oc3cnc4cccnc4c3)nc(N3CC4C(N)C4C3)c2c1Cl. The average molecular weight is 422 g/mol. The highest BCUT2D eigenvalue weighted by atomic mass is 35.5. The number of aromatic nitrogens is 5. The molecule has 1 aliphatic heterocycles. The van der Waals surface area contributed by atoms with Gasteiger partial charge in [-0.2, -0.15) is 9.97 Å². The average Bonchev–Trinajstić information content (AvgIpc) is 3.10. The van der Waals surface area contributed by atoms with Crippen LogP contribution in [0.15, 0.2) is 30.6 Å². The Morgan fingerprint density at radius 2 is 2.07 bits per heavy atom. The second kappa shape index (κ2) is 6.52. The number of anilines is 1. The lowest BCUT2D eigenvalue weighted by Gasteiger charge is -2.21. The Kier molecular flexibility index (Phi) is 3.88. The molecule has 0 bridgehead atoms. The molecule has 5 heterocycles. The molecule has 152 valence electrons. The largest absolute Gasteiger partial charge is 0.422 e. The molecule has 6 rings (SSSR count). The summed E-state index contributed by atoms with van der Waals surface area (Å²) in [5.74, 6) is 2.38. The van der Waals surface area contributed by atoms with Crippen LogP contribution in [0.25, 0.3) is 22.1 Å². The Labute approximate surface area is 177 Å². The summed E-state index contributed by atoms with van der Waals surface area (Å²) in [6.07, 6.45) is 4.16. The van der Waals surface area contributed by atoms with Crippen molar-refractivity contribution in [2.75, 3.05) is 18.0 Å². The van der Waals surface area contributed by atoms with Crippen molar-refractivity contribution in [2.45, 2.75) is 19.4 Å². The number of hydrogen-bond acceptors (Lipinski definition) is 7. The van der Waals surface area contributed by atoms with Crippen LogP contribution >= 0.6 is 11.6 Å². The summed E-state index contributed by atoms with van der Waals surface area (Å²) in [4.78, 5) is 23.6. The summed E-state index contributed by atoms with van der Waals surface area (Å²) >= 11 is 6.67. The molecule has 4 aromatic rings. The number of H-pyrrole nitrogens is 1. The van der Waals surface area contributed by atoms with E-state index in [0.29, 0.717) is 34.3 Å².